The van der Waals surface area contributed by atoms with E-state index in [1.54, 1.807) is 0 Å². The van der Waals surface area contributed by atoms with Gasteiger partial charge in [-0.1, -0.05) is 35.9 Å². The number of amides is 1. The van der Waals surface area contributed by atoms with Gasteiger partial charge in [0.2, 0.25) is 15.9 Å². The van der Waals surface area contributed by atoms with Crippen LogP contribution in [0.2, 0.25) is 5.02 Å². The van der Waals surface area contributed by atoms with Crippen molar-refractivity contribution in [2.75, 3.05) is 22.4 Å². The fourth-order valence-corrected chi connectivity index (χ4v) is 5.46. The molecule has 10 heteroatoms. The fraction of sp³-hybridized carbons (Fsp3) is 0.261. The number of sulfonamides is 1. The Balaban J connectivity index is 1.47. The first-order valence-corrected chi connectivity index (χ1v) is 12.6. The molecule has 3 aromatic rings. The van der Waals surface area contributed by atoms with Crippen molar-refractivity contribution in [1.82, 2.24) is 0 Å². The minimum Gasteiger partial charge on any atom is -0.326 e. The number of nitrogens with one attached hydrogen (secondary N) is 1. The molecular weight excluding hydrogens is 466 g/mol. The molecule has 0 atom stereocenters. The van der Waals surface area contributed by atoms with Crippen LogP contribution in [0.15, 0.2) is 48.5 Å². The lowest BCUT2D eigenvalue weighted by Gasteiger charge is -2.23. The van der Waals surface area contributed by atoms with Crippen LogP contribution in [-0.2, 0) is 27.7 Å². The Morgan fingerprint density at radius 3 is 2.58 bits per heavy atom. The van der Waals surface area contributed by atoms with Gasteiger partial charge in [0, 0.05) is 36.2 Å². The van der Waals surface area contributed by atoms with E-state index in [0.29, 0.717) is 0 Å². The van der Waals surface area contributed by atoms with Crippen LogP contribution in [0.5, 0.6) is 0 Å². The summed E-state index contributed by atoms with van der Waals surface area (Å²) in [5.74, 6) is -0.243. The number of carbonyl (C=O) groups is 1. The summed E-state index contributed by atoms with van der Waals surface area (Å²) in [5, 5.41) is 16.3. The van der Waals surface area contributed by atoms with Crippen LogP contribution in [0.4, 0.5) is 17.1 Å². The lowest BCUT2D eigenvalue weighted by atomic mass is 10.0. The molecule has 4 rings (SSSR count). The van der Waals surface area contributed by atoms with Crippen LogP contribution in [0.3, 0.4) is 0 Å². The molecule has 1 aliphatic carbocycles. The molecule has 1 N–H and O–H groups in total. The van der Waals surface area contributed by atoms with E-state index in [1.807, 2.05) is 24.3 Å². The normalized spacial score (nSPS) is 12.7. The Bertz CT molecular complexity index is 1360. The molecular formula is C23H22ClN3O5S. The van der Waals surface area contributed by atoms with Crippen LogP contribution in [0.1, 0.15) is 24.0 Å². The summed E-state index contributed by atoms with van der Waals surface area (Å²) in [5.41, 5.74) is 3.02. The molecule has 1 aliphatic rings. The highest BCUT2D eigenvalue weighted by molar-refractivity contribution is 7.92. The number of hydrogen-bond acceptors (Lipinski definition) is 5. The van der Waals surface area contributed by atoms with Crippen molar-refractivity contribution in [1.29, 1.82) is 0 Å². The number of aryl methyl sites for hydroxylation is 2. The molecule has 0 aromatic heterocycles. The van der Waals surface area contributed by atoms with Gasteiger partial charge in [-0.15, -0.1) is 0 Å². The van der Waals surface area contributed by atoms with Gasteiger partial charge in [-0.25, -0.2) is 8.42 Å². The van der Waals surface area contributed by atoms with Gasteiger partial charge < -0.3 is 5.32 Å². The standard InChI is InChI=1S/C23H22ClN3O5S/c1-33(31,32)26(21-14-17(27(29)30)10-11-19(21)24)13-3-6-22(28)25-20-12-9-16-8-7-15-4-2-5-18(20)23(15)16/h2,4-5,9-12,14H,3,6-8,13H2,1H3,(H,25,28). The van der Waals surface area contributed by atoms with Gasteiger partial charge in [0.05, 0.1) is 21.9 Å². The van der Waals surface area contributed by atoms with Crippen molar-refractivity contribution in [3.8, 4) is 0 Å². The van der Waals surface area contributed by atoms with Crippen LogP contribution >= 0.6 is 11.6 Å². The molecule has 0 saturated heterocycles. The summed E-state index contributed by atoms with van der Waals surface area (Å²) in [6, 6.07) is 13.6. The average Bonchev–Trinajstić information content (AvgIpc) is 3.17. The number of nitrogens with zero attached hydrogens (tertiary/aromatic N) is 2. The van der Waals surface area contributed by atoms with Crippen LogP contribution in [0, 0.1) is 10.1 Å². The smallest absolute Gasteiger partial charge is 0.271 e. The second-order valence-corrected chi connectivity index (χ2v) is 10.3. The first-order chi connectivity index (χ1) is 15.6. The van der Waals surface area contributed by atoms with Gasteiger partial charge in [-0.3, -0.25) is 19.2 Å². The van der Waals surface area contributed by atoms with Gasteiger partial charge in [0.25, 0.3) is 5.69 Å². The van der Waals surface area contributed by atoms with E-state index in [9.17, 15) is 23.3 Å². The molecule has 33 heavy (non-hydrogen) atoms. The largest absolute Gasteiger partial charge is 0.326 e. The first-order valence-electron chi connectivity index (χ1n) is 10.4. The molecule has 0 bridgehead atoms. The lowest BCUT2D eigenvalue weighted by Crippen LogP contribution is -2.31. The molecule has 0 spiro atoms. The SMILES string of the molecule is CS(=O)(=O)N(CCCC(=O)Nc1ccc2c3c(cccc13)CC2)c1cc([N+](=O)[O-])ccc1Cl. The van der Waals surface area contributed by atoms with Gasteiger partial charge in [0.15, 0.2) is 0 Å². The van der Waals surface area contributed by atoms with Gasteiger partial charge in [-0.05, 0) is 47.9 Å². The molecule has 0 saturated carbocycles. The monoisotopic (exact) mass is 487 g/mol. The van der Waals surface area contributed by atoms with Gasteiger partial charge in [0.1, 0.15) is 0 Å². The summed E-state index contributed by atoms with van der Waals surface area (Å²) >= 11 is 6.13. The maximum atomic E-state index is 12.6. The molecule has 0 unspecified atom stereocenters. The highest BCUT2D eigenvalue weighted by Gasteiger charge is 2.23. The predicted molar refractivity (Wildman–Crippen MR) is 130 cm³/mol. The number of nitro benzene ring substituents is 1. The molecule has 0 aliphatic heterocycles. The van der Waals surface area contributed by atoms with Crippen molar-refractivity contribution in [2.24, 2.45) is 0 Å². The van der Waals surface area contributed by atoms with Crippen LogP contribution in [0.25, 0.3) is 10.8 Å². The second kappa shape index (κ2) is 8.99. The quantitative estimate of drug-likeness (QED) is 0.366. The van der Waals surface area contributed by atoms with E-state index >= 15 is 0 Å². The fourth-order valence-electron chi connectivity index (χ4n) is 4.22. The van der Waals surface area contributed by atoms with E-state index in [1.165, 1.54) is 28.6 Å². The highest BCUT2D eigenvalue weighted by atomic mass is 35.5. The van der Waals surface area contributed by atoms with E-state index < -0.39 is 14.9 Å². The number of non-ortho nitro benzene ring substituents is 1. The molecule has 0 fully saturated rings. The minimum absolute atomic E-state index is 0.0151. The number of nitro groups is 1. The number of hydrogen-bond donors (Lipinski definition) is 1. The third-order valence-electron chi connectivity index (χ3n) is 5.73. The van der Waals surface area contributed by atoms with Crippen LogP contribution < -0.4 is 9.62 Å². The summed E-state index contributed by atoms with van der Waals surface area (Å²) in [4.78, 5) is 23.1. The average molecular weight is 488 g/mol. The Morgan fingerprint density at radius 1 is 1.15 bits per heavy atom. The van der Waals surface area contributed by atoms with E-state index in [-0.39, 0.29) is 41.7 Å². The van der Waals surface area contributed by atoms with Crippen molar-refractivity contribution in [3.05, 3.63) is 74.8 Å². The van der Waals surface area contributed by atoms with Gasteiger partial charge in [-0.2, -0.15) is 0 Å². The van der Waals surface area contributed by atoms with Crippen molar-refractivity contribution in [3.63, 3.8) is 0 Å². The number of halogens is 1. The zero-order valence-corrected chi connectivity index (χ0v) is 19.4. The maximum Gasteiger partial charge on any atom is 0.271 e. The Kier molecular flexibility index (Phi) is 6.27. The number of anilines is 2. The van der Waals surface area contributed by atoms with Crippen molar-refractivity contribution in [2.45, 2.75) is 25.7 Å². The Hall–Kier alpha value is -3.17. The summed E-state index contributed by atoms with van der Waals surface area (Å²) in [6.45, 7) is -0.0447. The molecule has 3 aromatic carbocycles. The number of benzene rings is 3. The van der Waals surface area contributed by atoms with E-state index in [0.717, 1.165) is 40.5 Å². The lowest BCUT2D eigenvalue weighted by molar-refractivity contribution is -0.384. The van der Waals surface area contributed by atoms with Gasteiger partial charge >= 0.3 is 0 Å². The second-order valence-electron chi connectivity index (χ2n) is 7.99. The van der Waals surface area contributed by atoms with Crippen LogP contribution in [-0.4, -0.2) is 32.0 Å². The summed E-state index contributed by atoms with van der Waals surface area (Å²) in [6.07, 6.45) is 3.26. The van der Waals surface area contributed by atoms with E-state index in [4.69, 9.17) is 11.6 Å². The molecule has 0 radical (unpaired) electrons. The zero-order chi connectivity index (χ0) is 23.8. The number of rotatable bonds is 8. The molecule has 1 amide bonds. The number of carbonyl (C=O) groups excluding carboxylic acids is 1. The Morgan fingerprint density at radius 2 is 1.88 bits per heavy atom. The molecule has 8 nitrogen and oxygen atoms in total. The third-order valence-corrected chi connectivity index (χ3v) is 7.23. The molecule has 172 valence electrons. The summed E-state index contributed by atoms with van der Waals surface area (Å²) < 4.78 is 25.7. The topological polar surface area (TPSA) is 110 Å². The molecule has 0 heterocycles. The minimum atomic E-state index is -3.78. The maximum absolute atomic E-state index is 12.6. The van der Waals surface area contributed by atoms with E-state index in [2.05, 4.69) is 11.4 Å². The van der Waals surface area contributed by atoms with Crippen molar-refractivity contribution >= 4 is 55.4 Å². The zero-order valence-electron chi connectivity index (χ0n) is 17.9. The van der Waals surface area contributed by atoms with Crippen molar-refractivity contribution < 1.29 is 18.1 Å². The summed E-state index contributed by atoms with van der Waals surface area (Å²) in [7, 11) is -3.78. The Labute approximate surface area is 196 Å². The highest BCUT2D eigenvalue weighted by Crippen LogP contribution is 2.35. The third kappa shape index (κ3) is 4.79. The first kappa shape index (κ1) is 23.0. The predicted octanol–water partition coefficient (Wildman–Crippen LogP) is 4.68.